The molecule has 3 rings (SSSR count). The van der Waals surface area contributed by atoms with E-state index < -0.39 is 0 Å². The van der Waals surface area contributed by atoms with Crippen molar-refractivity contribution in [1.82, 2.24) is 0 Å². The predicted molar refractivity (Wildman–Crippen MR) is 123 cm³/mol. The van der Waals surface area contributed by atoms with E-state index in [1.807, 2.05) is 19.1 Å². The topological polar surface area (TPSA) is 12.4 Å². The fourth-order valence-corrected chi connectivity index (χ4v) is 3.34. The van der Waals surface area contributed by atoms with Crippen LogP contribution in [0, 0.1) is 0 Å². The highest BCUT2D eigenvalue weighted by atomic mass is 14.7. The van der Waals surface area contributed by atoms with Crippen LogP contribution in [-0.2, 0) is 0 Å². The van der Waals surface area contributed by atoms with Crippen molar-refractivity contribution in [3.8, 4) is 11.1 Å². The lowest BCUT2D eigenvalue weighted by atomic mass is 9.92. The van der Waals surface area contributed by atoms with E-state index in [1.54, 1.807) is 0 Å². The standard InChI is InChI=1S/C27H27N/c1-4-20-28-27(24-12-8-7-9-13-24)26-15-11-10-14-25(26)23-18-16-22(17-19-23)21(5-2)6-3/h5-19H,2,4,20H2,1,3H3/b21-6+,28-27?. The molecular weight excluding hydrogens is 338 g/mol. The number of allylic oxidation sites excluding steroid dienone is 3. The van der Waals surface area contributed by atoms with Crippen LogP contribution in [0.15, 0.2) is 103 Å². The van der Waals surface area contributed by atoms with Crippen molar-refractivity contribution >= 4 is 11.3 Å². The smallest absolute Gasteiger partial charge is 0.0725 e. The van der Waals surface area contributed by atoms with E-state index in [-0.39, 0.29) is 0 Å². The summed E-state index contributed by atoms with van der Waals surface area (Å²) in [4.78, 5) is 4.94. The predicted octanol–water partition coefficient (Wildman–Crippen LogP) is 7.19. The SMILES string of the molecule is C=C/C(=C\C)c1ccc(-c2ccccc2C(=NCCC)c2ccccc2)cc1. The van der Waals surface area contributed by atoms with Gasteiger partial charge in [0.15, 0.2) is 0 Å². The number of nitrogens with zero attached hydrogens (tertiary/aromatic N) is 1. The molecule has 0 aliphatic carbocycles. The highest BCUT2D eigenvalue weighted by Crippen LogP contribution is 2.28. The molecule has 0 fully saturated rings. The van der Waals surface area contributed by atoms with Crippen molar-refractivity contribution in [3.63, 3.8) is 0 Å². The fourth-order valence-electron chi connectivity index (χ4n) is 3.34. The molecule has 140 valence electrons. The van der Waals surface area contributed by atoms with E-state index in [1.165, 1.54) is 22.3 Å². The van der Waals surface area contributed by atoms with Crippen LogP contribution >= 0.6 is 0 Å². The van der Waals surface area contributed by atoms with E-state index >= 15 is 0 Å². The van der Waals surface area contributed by atoms with Crippen LogP contribution in [0.1, 0.15) is 37.0 Å². The summed E-state index contributed by atoms with van der Waals surface area (Å²) in [7, 11) is 0. The molecule has 0 heterocycles. The Morgan fingerprint density at radius 2 is 1.54 bits per heavy atom. The summed E-state index contributed by atoms with van der Waals surface area (Å²) in [5.74, 6) is 0. The van der Waals surface area contributed by atoms with Gasteiger partial charge >= 0.3 is 0 Å². The fraction of sp³-hybridized carbons (Fsp3) is 0.148. The molecule has 0 aliphatic rings. The maximum Gasteiger partial charge on any atom is 0.0725 e. The van der Waals surface area contributed by atoms with Crippen LogP contribution in [0.3, 0.4) is 0 Å². The van der Waals surface area contributed by atoms with E-state index in [9.17, 15) is 0 Å². The summed E-state index contributed by atoms with van der Waals surface area (Å²) in [6.07, 6.45) is 5.01. The van der Waals surface area contributed by atoms with Crippen LogP contribution < -0.4 is 0 Å². The summed E-state index contributed by atoms with van der Waals surface area (Å²) < 4.78 is 0. The Hall–Kier alpha value is -3.19. The molecule has 0 N–H and O–H groups in total. The first-order valence-electron chi connectivity index (χ1n) is 9.87. The molecule has 0 amide bonds. The summed E-state index contributed by atoms with van der Waals surface area (Å²) in [6.45, 7) is 8.93. The quantitative estimate of drug-likeness (QED) is 0.310. The molecule has 1 nitrogen and oxygen atoms in total. The lowest BCUT2D eigenvalue weighted by Gasteiger charge is -2.14. The lowest BCUT2D eigenvalue weighted by Crippen LogP contribution is -2.06. The van der Waals surface area contributed by atoms with Crippen LogP contribution in [-0.4, -0.2) is 12.3 Å². The third-order valence-corrected chi connectivity index (χ3v) is 4.78. The van der Waals surface area contributed by atoms with Gasteiger partial charge in [-0.3, -0.25) is 4.99 Å². The Kier molecular flexibility index (Phi) is 6.75. The minimum absolute atomic E-state index is 0.821. The van der Waals surface area contributed by atoms with Crippen LogP contribution in [0.2, 0.25) is 0 Å². The van der Waals surface area contributed by atoms with Gasteiger partial charge in [-0.2, -0.15) is 0 Å². The zero-order valence-corrected chi connectivity index (χ0v) is 16.7. The van der Waals surface area contributed by atoms with Gasteiger partial charge < -0.3 is 0 Å². The van der Waals surface area contributed by atoms with Crippen LogP contribution in [0.25, 0.3) is 16.7 Å². The minimum Gasteiger partial charge on any atom is -0.284 e. The van der Waals surface area contributed by atoms with Gasteiger partial charge in [0.2, 0.25) is 0 Å². The van der Waals surface area contributed by atoms with Gasteiger partial charge in [-0.1, -0.05) is 105 Å². The van der Waals surface area contributed by atoms with Crippen LogP contribution in [0.5, 0.6) is 0 Å². The Labute approximate surface area is 168 Å². The molecule has 3 aromatic rings. The third kappa shape index (κ3) is 4.37. The van der Waals surface area contributed by atoms with Crippen molar-refractivity contribution in [3.05, 3.63) is 114 Å². The van der Waals surface area contributed by atoms with E-state index in [4.69, 9.17) is 4.99 Å². The molecule has 0 spiro atoms. The highest BCUT2D eigenvalue weighted by molar-refractivity contribution is 6.16. The first-order valence-corrected chi connectivity index (χ1v) is 9.87. The minimum atomic E-state index is 0.821. The van der Waals surface area contributed by atoms with Crippen molar-refractivity contribution in [1.29, 1.82) is 0 Å². The average molecular weight is 366 g/mol. The largest absolute Gasteiger partial charge is 0.284 e. The Morgan fingerprint density at radius 3 is 2.18 bits per heavy atom. The number of rotatable bonds is 7. The number of hydrogen-bond acceptors (Lipinski definition) is 1. The molecule has 1 heteroatoms. The zero-order chi connectivity index (χ0) is 19.8. The Morgan fingerprint density at radius 1 is 0.857 bits per heavy atom. The maximum absolute atomic E-state index is 4.94. The van der Waals surface area contributed by atoms with Gasteiger partial charge in [0, 0.05) is 17.7 Å². The number of hydrogen-bond donors (Lipinski definition) is 0. The van der Waals surface area contributed by atoms with E-state index in [0.29, 0.717) is 0 Å². The molecule has 0 atom stereocenters. The summed E-state index contributed by atoms with van der Waals surface area (Å²) in [5.41, 5.74) is 8.11. The second-order valence-electron chi connectivity index (χ2n) is 6.67. The number of benzene rings is 3. The van der Waals surface area contributed by atoms with Crippen molar-refractivity contribution in [2.75, 3.05) is 6.54 Å². The normalized spacial score (nSPS) is 12.1. The summed E-state index contributed by atoms with van der Waals surface area (Å²) >= 11 is 0. The second kappa shape index (κ2) is 9.66. The molecule has 0 saturated carbocycles. The van der Waals surface area contributed by atoms with Gasteiger partial charge in [0.1, 0.15) is 0 Å². The first-order chi connectivity index (χ1) is 13.8. The van der Waals surface area contributed by atoms with Gasteiger partial charge in [-0.25, -0.2) is 0 Å². The molecule has 28 heavy (non-hydrogen) atoms. The average Bonchev–Trinajstić information content (AvgIpc) is 2.76. The Balaban J connectivity index is 2.08. The maximum atomic E-state index is 4.94. The molecule has 0 saturated heterocycles. The van der Waals surface area contributed by atoms with Gasteiger partial charge in [-0.05, 0) is 35.6 Å². The van der Waals surface area contributed by atoms with E-state index in [0.717, 1.165) is 29.8 Å². The molecule has 0 unspecified atom stereocenters. The van der Waals surface area contributed by atoms with Gasteiger partial charge in [-0.15, -0.1) is 0 Å². The second-order valence-corrected chi connectivity index (χ2v) is 6.67. The van der Waals surface area contributed by atoms with E-state index in [2.05, 4.69) is 92.4 Å². The molecule has 0 radical (unpaired) electrons. The van der Waals surface area contributed by atoms with Gasteiger partial charge in [0.05, 0.1) is 5.71 Å². The summed E-state index contributed by atoms with van der Waals surface area (Å²) in [6, 6.07) is 27.7. The first kappa shape index (κ1) is 19.6. The van der Waals surface area contributed by atoms with Crippen molar-refractivity contribution < 1.29 is 0 Å². The molecule has 0 bridgehead atoms. The molecule has 3 aromatic carbocycles. The van der Waals surface area contributed by atoms with Crippen molar-refractivity contribution in [2.45, 2.75) is 20.3 Å². The Bertz CT molecular complexity index is 976. The number of aliphatic imine (C=N–C) groups is 1. The summed E-state index contributed by atoms with van der Waals surface area (Å²) in [5, 5.41) is 0. The van der Waals surface area contributed by atoms with Gasteiger partial charge in [0.25, 0.3) is 0 Å². The zero-order valence-electron chi connectivity index (χ0n) is 16.7. The third-order valence-electron chi connectivity index (χ3n) is 4.78. The molecule has 0 aromatic heterocycles. The van der Waals surface area contributed by atoms with Crippen molar-refractivity contribution in [2.24, 2.45) is 4.99 Å². The highest BCUT2D eigenvalue weighted by Gasteiger charge is 2.12. The lowest BCUT2D eigenvalue weighted by molar-refractivity contribution is 0.933. The molecule has 0 aliphatic heterocycles. The van der Waals surface area contributed by atoms with Crippen LogP contribution in [0.4, 0.5) is 0 Å². The molecular formula is C27H27N. The monoisotopic (exact) mass is 365 g/mol.